The molecule has 7 nitrogen and oxygen atoms in total. The van der Waals surface area contributed by atoms with E-state index in [9.17, 15) is 9.59 Å². The molecule has 0 aliphatic heterocycles. The van der Waals surface area contributed by atoms with Gasteiger partial charge in [-0.3, -0.25) is 9.59 Å². The van der Waals surface area contributed by atoms with Crippen molar-refractivity contribution in [2.45, 2.75) is 6.92 Å². The first-order valence-corrected chi connectivity index (χ1v) is 8.80. The van der Waals surface area contributed by atoms with E-state index in [0.717, 1.165) is 0 Å². The summed E-state index contributed by atoms with van der Waals surface area (Å²) in [6.45, 7) is 2.68. The maximum Gasteiger partial charge on any atom is 0.266 e. The number of aromatic nitrogens is 2. The van der Waals surface area contributed by atoms with Crippen LogP contribution in [-0.4, -0.2) is 35.8 Å². The summed E-state index contributed by atoms with van der Waals surface area (Å²) in [7, 11) is 3.25. The summed E-state index contributed by atoms with van der Waals surface area (Å²) in [5, 5.41) is 3.34. The lowest BCUT2D eigenvalue weighted by Crippen LogP contribution is -2.17. The van der Waals surface area contributed by atoms with E-state index in [4.69, 9.17) is 9.47 Å². The monoisotopic (exact) mass is 373 g/mol. The molecule has 0 spiro atoms. The van der Waals surface area contributed by atoms with Crippen LogP contribution < -0.4 is 15.6 Å². The number of aryl methyl sites for hydroxylation is 2. The van der Waals surface area contributed by atoms with Crippen LogP contribution in [0.1, 0.15) is 15.2 Å². The molecule has 1 aromatic carbocycles. The summed E-state index contributed by atoms with van der Waals surface area (Å²) in [5.74, 6) is 0.366. The molecule has 0 saturated heterocycles. The molecule has 3 rings (SSSR count). The highest BCUT2D eigenvalue weighted by atomic mass is 32.1. The standard InChI is InChI=1S/C18H19N3O4S/c1-11-14-17(19-10-21(2)18(14)23)26-15(11)16(22)20-12-5-4-6-13(9-12)25-8-7-24-3/h4-6,9-10H,7-8H2,1-3H3,(H,20,22). The number of methoxy groups -OCH3 is 1. The Morgan fingerprint density at radius 2 is 2.15 bits per heavy atom. The van der Waals surface area contributed by atoms with Crippen molar-refractivity contribution in [2.75, 3.05) is 25.6 Å². The Kier molecular flexibility index (Phi) is 5.34. The van der Waals surface area contributed by atoms with Crippen LogP contribution in [0.4, 0.5) is 5.69 Å². The highest BCUT2D eigenvalue weighted by molar-refractivity contribution is 7.20. The van der Waals surface area contributed by atoms with Crippen LogP contribution in [0.3, 0.4) is 0 Å². The zero-order valence-electron chi connectivity index (χ0n) is 14.7. The molecule has 0 aliphatic carbocycles. The number of rotatable bonds is 6. The third-order valence-electron chi connectivity index (χ3n) is 3.86. The highest BCUT2D eigenvalue weighted by Gasteiger charge is 2.19. The molecule has 0 bridgehead atoms. The van der Waals surface area contributed by atoms with E-state index < -0.39 is 0 Å². The number of fused-ring (bicyclic) bond motifs is 1. The first-order chi connectivity index (χ1) is 12.5. The van der Waals surface area contributed by atoms with Crippen LogP contribution in [0.5, 0.6) is 5.75 Å². The predicted molar refractivity (Wildman–Crippen MR) is 101 cm³/mol. The van der Waals surface area contributed by atoms with Gasteiger partial charge < -0.3 is 19.4 Å². The fourth-order valence-electron chi connectivity index (χ4n) is 2.52. The molecule has 1 N–H and O–H groups in total. The molecule has 0 saturated carbocycles. The lowest BCUT2D eigenvalue weighted by atomic mass is 10.2. The average molecular weight is 373 g/mol. The van der Waals surface area contributed by atoms with Crippen LogP contribution in [-0.2, 0) is 11.8 Å². The Morgan fingerprint density at radius 1 is 1.35 bits per heavy atom. The van der Waals surface area contributed by atoms with E-state index in [-0.39, 0.29) is 11.5 Å². The molecular formula is C18H19N3O4S. The minimum atomic E-state index is -0.276. The van der Waals surface area contributed by atoms with Crippen molar-refractivity contribution >= 4 is 33.1 Å². The van der Waals surface area contributed by atoms with Crippen molar-refractivity contribution in [3.63, 3.8) is 0 Å². The lowest BCUT2D eigenvalue weighted by molar-refractivity contribution is 0.103. The number of nitrogens with one attached hydrogen (secondary N) is 1. The van der Waals surface area contributed by atoms with Crippen LogP contribution in [0.15, 0.2) is 35.4 Å². The minimum Gasteiger partial charge on any atom is -0.491 e. The Labute approximate surface area is 154 Å². The second kappa shape index (κ2) is 7.67. The molecule has 2 heterocycles. The minimum absolute atomic E-state index is 0.156. The van der Waals surface area contributed by atoms with Gasteiger partial charge in [0.1, 0.15) is 17.2 Å². The van der Waals surface area contributed by atoms with E-state index in [1.807, 2.05) is 6.07 Å². The summed E-state index contributed by atoms with van der Waals surface area (Å²) in [6, 6.07) is 7.13. The van der Waals surface area contributed by atoms with Crippen molar-refractivity contribution in [1.82, 2.24) is 9.55 Å². The van der Waals surface area contributed by atoms with Gasteiger partial charge >= 0.3 is 0 Å². The van der Waals surface area contributed by atoms with E-state index in [0.29, 0.717) is 45.3 Å². The number of anilines is 1. The van der Waals surface area contributed by atoms with Gasteiger partial charge in [-0.05, 0) is 24.6 Å². The van der Waals surface area contributed by atoms with Gasteiger partial charge in [0.2, 0.25) is 0 Å². The Hall–Kier alpha value is -2.71. The molecule has 136 valence electrons. The number of benzene rings is 1. The second-order valence-corrected chi connectivity index (χ2v) is 6.72. The van der Waals surface area contributed by atoms with Crippen LogP contribution in [0.25, 0.3) is 10.2 Å². The smallest absolute Gasteiger partial charge is 0.266 e. The number of hydrogen-bond donors (Lipinski definition) is 1. The molecular weight excluding hydrogens is 354 g/mol. The topological polar surface area (TPSA) is 82.4 Å². The largest absolute Gasteiger partial charge is 0.491 e. The van der Waals surface area contributed by atoms with Gasteiger partial charge in [-0.1, -0.05) is 6.07 Å². The van der Waals surface area contributed by atoms with Crippen LogP contribution in [0.2, 0.25) is 0 Å². The molecule has 8 heteroatoms. The van der Waals surface area contributed by atoms with Crippen molar-refractivity contribution in [2.24, 2.45) is 7.05 Å². The molecule has 2 aromatic heterocycles. The summed E-state index contributed by atoms with van der Waals surface area (Å²) in [6.07, 6.45) is 1.46. The summed E-state index contributed by atoms with van der Waals surface area (Å²) >= 11 is 1.21. The van der Waals surface area contributed by atoms with Crippen molar-refractivity contribution in [3.8, 4) is 5.75 Å². The summed E-state index contributed by atoms with van der Waals surface area (Å²) in [5.41, 5.74) is 1.10. The number of ether oxygens (including phenoxy) is 2. The summed E-state index contributed by atoms with van der Waals surface area (Å²) in [4.78, 5) is 30.2. The van der Waals surface area contributed by atoms with Gasteiger partial charge in [-0.2, -0.15) is 0 Å². The number of thiophene rings is 1. The van der Waals surface area contributed by atoms with E-state index in [1.54, 1.807) is 39.3 Å². The molecule has 0 atom stereocenters. The Balaban J connectivity index is 1.84. The number of carbonyl (C=O) groups is 1. The maximum absolute atomic E-state index is 12.7. The third kappa shape index (κ3) is 3.61. The second-order valence-electron chi connectivity index (χ2n) is 5.72. The van der Waals surface area contributed by atoms with E-state index in [2.05, 4.69) is 10.3 Å². The zero-order chi connectivity index (χ0) is 18.7. The number of hydrogen-bond acceptors (Lipinski definition) is 6. The molecule has 0 unspecified atom stereocenters. The van der Waals surface area contributed by atoms with Crippen molar-refractivity contribution < 1.29 is 14.3 Å². The quantitative estimate of drug-likeness (QED) is 0.672. The normalized spacial score (nSPS) is 10.9. The van der Waals surface area contributed by atoms with Gasteiger partial charge in [0.15, 0.2) is 0 Å². The Morgan fingerprint density at radius 3 is 2.92 bits per heavy atom. The molecule has 3 aromatic rings. The molecule has 0 fully saturated rings. The van der Waals surface area contributed by atoms with E-state index in [1.165, 1.54) is 22.2 Å². The van der Waals surface area contributed by atoms with Gasteiger partial charge in [0, 0.05) is 25.9 Å². The van der Waals surface area contributed by atoms with E-state index >= 15 is 0 Å². The lowest BCUT2D eigenvalue weighted by Gasteiger charge is -2.08. The molecule has 0 radical (unpaired) electrons. The van der Waals surface area contributed by atoms with Gasteiger partial charge in [0.05, 0.1) is 23.2 Å². The van der Waals surface area contributed by atoms with Crippen LogP contribution in [0, 0.1) is 6.92 Å². The van der Waals surface area contributed by atoms with Crippen molar-refractivity contribution in [1.29, 1.82) is 0 Å². The van der Waals surface area contributed by atoms with Gasteiger partial charge in [0.25, 0.3) is 11.5 Å². The first kappa shape index (κ1) is 18.1. The predicted octanol–water partition coefficient (Wildman–Crippen LogP) is 2.58. The molecule has 26 heavy (non-hydrogen) atoms. The average Bonchev–Trinajstić information content (AvgIpc) is 2.96. The first-order valence-electron chi connectivity index (χ1n) is 7.99. The summed E-state index contributed by atoms with van der Waals surface area (Å²) < 4.78 is 11.9. The maximum atomic E-state index is 12.7. The molecule has 0 aliphatic rings. The number of nitrogens with zero attached hydrogens (tertiary/aromatic N) is 2. The SMILES string of the molecule is COCCOc1cccc(NC(=O)c2sc3ncn(C)c(=O)c3c2C)c1. The van der Waals surface area contributed by atoms with Crippen molar-refractivity contribution in [3.05, 3.63) is 51.4 Å². The zero-order valence-corrected chi connectivity index (χ0v) is 15.6. The third-order valence-corrected chi connectivity index (χ3v) is 5.06. The van der Waals surface area contributed by atoms with Crippen LogP contribution >= 0.6 is 11.3 Å². The van der Waals surface area contributed by atoms with Gasteiger partial charge in [-0.25, -0.2) is 4.98 Å². The fraction of sp³-hybridized carbons (Fsp3) is 0.278. The highest BCUT2D eigenvalue weighted by Crippen LogP contribution is 2.28. The Bertz CT molecular complexity index is 1010. The fourth-order valence-corrected chi connectivity index (χ4v) is 3.55. The number of amides is 1. The molecule has 1 amide bonds. The number of carbonyl (C=O) groups excluding carboxylic acids is 1. The van der Waals surface area contributed by atoms with Gasteiger partial charge in [-0.15, -0.1) is 11.3 Å².